The molecule has 0 aromatic heterocycles. The minimum Gasteiger partial charge on any atom is -0.454 e. The molecule has 0 spiro atoms. The summed E-state index contributed by atoms with van der Waals surface area (Å²) in [7, 11) is 0. The second-order valence-corrected chi connectivity index (χ2v) is 5.14. The van der Waals surface area contributed by atoms with E-state index in [9.17, 15) is 19.3 Å². The average Bonchev–Trinajstić information content (AvgIpc) is 2.43. The van der Waals surface area contributed by atoms with Gasteiger partial charge < -0.3 is 4.74 Å². The zero-order valence-corrected chi connectivity index (χ0v) is 12.4. The highest BCUT2D eigenvalue weighted by atomic mass is 79.9. The van der Waals surface area contributed by atoms with Gasteiger partial charge in [0.05, 0.1) is 16.6 Å². The van der Waals surface area contributed by atoms with Crippen LogP contribution in [-0.2, 0) is 0 Å². The molecule has 0 unspecified atom stereocenters. The molecule has 0 bridgehead atoms. The van der Waals surface area contributed by atoms with Crippen LogP contribution in [0.5, 0.6) is 11.5 Å². The molecule has 0 fully saturated rings. The molecule has 5 nitrogen and oxygen atoms in total. The number of rotatable bonds is 4. The van der Waals surface area contributed by atoms with Gasteiger partial charge >= 0.3 is 0 Å². The lowest BCUT2D eigenvalue weighted by molar-refractivity contribution is -0.385. The lowest BCUT2D eigenvalue weighted by Crippen LogP contribution is -1.97. The van der Waals surface area contributed by atoms with Crippen LogP contribution in [0.25, 0.3) is 0 Å². The highest BCUT2D eigenvalue weighted by Crippen LogP contribution is 2.32. The monoisotopic (exact) mass is 353 g/mol. The number of ether oxygens (including phenoxy) is 1. The van der Waals surface area contributed by atoms with Gasteiger partial charge in [-0.3, -0.25) is 14.9 Å². The fraction of sp³-hybridized carbons (Fsp3) is 0.0714. The Morgan fingerprint density at radius 3 is 2.62 bits per heavy atom. The molecule has 2 aromatic rings. The summed E-state index contributed by atoms with van der Waals surface area (Å²) in [5.41, 5.74) is 0.173. The Hall–Kier alpha value is -2.28. The zero-order chi connectivity index (χ0) is 15.6. The molecule has 7 heteroatoms. The van der Waals surface area contributed by atoms with Crippen LogP contribution in [0, 0.1) is 22.9 Å². The summed E-state index contributed by atoms with van der Waals surface area (Å²) in [4.78, 5) is 21.0. The van der Waals surface area contributed by atoms with Crippen molar-refractivity contribution in [3.05, 3.63) is 61.9 Å². The number of hydrogen-bond donors (Lipinski definition) is 0. The number of carbonyl (C=O) groups is 1. The van der Waals surface area contributed by atoms with Crippen LogP contribution in [0.2, 0.25) is 0 Å². The van der Waals surface area contributed by atoms with Gasteiger partial charge in [-0.05, 0) is 31.2 Å². The van der Waals surface area contributed by atoms with Crippen molar-refractivity contribution in [2.24, 2.45) is 0 Å². The summed E-state index contributed by atoms with van der Waals surface area (Å²) in [6.45, 7) is 1.48. The largest absolute Gasteiger partial charge is 0.454 e. The summed E-state index contributed by atoms with van der Waals surface area (Å²) in [5.74, 6) is -0.879. The topological polar surface area (TPSA) is 69.4 Å². The van der Waals surface area contributed by atoms with Crippen LogP contribution >= 0.6 is 15.9 Å². The third-order valence-corrected chi connectivity index (χ3v) is 3.26. The van der Waals surface area contributed by atoms with E-state index < -0.39 is 10.7 Å². The van der Waals surface area contributed by atoms with E-state index in [0.29, 0.717) is 10.8 Å². The second-order valence-electron chi connectivity index (χ2n) is 4.23. The van der Waals surface area contributed by atoms with E-state index in [4.69, 9.17) is 4.74 Å². The lowest BCUT2D eigenvalue weighted by Gasteiger charge is -2.10. The van der Waals surface area contributed by atoms with Crippen molar-refractivity contribution in [2.45, 2.75) is 6.92 Å². The van der Waals surface area contributed by atoms with Crippen molar-refractivity contribution >= 4 is 27.9 Å². The fourth-order valence-corrected chi connectivity index (χ4v) is 2.12. The summed E-state index contributed by atoms with van der Waals surface area (Å²) in [6, 6.07) is 6.69. The number of carbonyl (C=O) groups excluding carboxylic acids is 1. The molecule has 0 saturated heterocycles. The fourth-order valence-electron chi connectivity index (χ4n) is 1.74. The Morgan fingerprint density at radius 2 is 2.00 bits per heavy atom. The molecule has 0 saturated carbocycles. The van der Waals surface area contributed by atoms with Gasteiger partial charge in [-0.25, -0.2) is 4.39 Å². The molecule has 2 rings (SSSR count). The van der Waals surface area contributed by atoms with Crippen molar-refractivity contribution in [3.63, 3.8) is 0 Å². The number of aldehydes is 1. The molecule has 108 valence electrons. The van der Waals surface area contributed by atoms with Crippen molar-refractivity contribution in [1.82, 2.24) is 0 Å². The number of nitro groups is 1. The zero-order valence-electron chi connectivity index (χ0n) is 10.8. The standard InChI is InChI=1S/C14H9BrFNO4/c1-8-4-14(11(16)6-12(8)17(19)20)21-13-3-2-10(15)5-9(13)7-18/h2-7H,1H3. The summed E-state index contributed by atoms with van der Waals surface area (Å²) < 4.78 is 19.9. The van der Waals surface area contributed by atoms with Crippen LogP contribution in [0.1, 0.15) is 15.9 Å². The van der Waals surface area contributed by atoms with Crippen LogP contribution in [-0.4, -0.2) is 11.2 Å². The van der Waals surface area contributed by atoms with Gasteiger partial charge in [-0.2, -0.15) is 0 Å². The SMILES string of the molecule is Cc1cc(Oc2ccc(Br)cc2C=O)c(F)cc1[N+](=O)[O-]. The molecule has 0 aliphatic heterocycles. The first kappa shape index (κ1) is 15.1. The second kappa shape index (κ2) is 6.01. The van der Waals surface area contributed by atoms with Crippen LogP contribution in [0.3, 0.4) is 0 Å². The maximum absolute atomic E-state index is 13.9. The van der Waals surface area contributed by atoms with Gasteiger partial charge in [0.1, 0.15) is 5.75 Å². The van der Waals surface area contributed by atoms with E-state index in [-0.39, 0.29) is 28.3 Å². The maximum atomic E-state index is 13.9. The van der Waals surface area contributed by atoms with Gasteiger partial charge in [0.15, 0.2) is 17.9 Å². The smallest absolute Gasteiger partial charge is 0.275 e. The molecular weight excluding hydrogens is 345 g/mol. The first-order valence-electron chi connectivity index (χ1n) is 5.79. The predicted octanol–water partition coefficient (Wildman–Crippen LogP) is 4.41. The minimum absolute atomic E-state index is 0.167. The Labute approximate surface area is 127 Å². The molecule has 0 radical (unpaired) electrons. The van der Waals surface area contributed by atoms with Crippen LogP contribution in [0.15, 0.2) is 34.8 Å². The van der Waals surface area contributed by atoms with E-state index in [1.54, 1.807) is 6.07 Å². The lowest BCUT2D eigenvalue weighted by atomic mass is 10.2. The van der Waals surface area contributed by atoms with Gasteiger partial charge in [0.25, 0.3) is 5.69 Å². The average molecular weight is 354 g/mol. The Kier molecular flexibility index (Phi) is 4.32. The van der Waals surface area contributed by atoms with Gasteiger partial charge in [0, 0.05) is 10.0 Å². The number of hydrogen-bond acceptors (Lipinski definition) is 4. The Balaban J connectivity index is 2.43. The quantitative estimate of drug-likeness (QED) is 0.463. The molecule has 0 aliphatic rings. The third-order valence-electron chi connectivity index (χ3n) is 2.77. The number of aryl methyl sites for hydroxylation is 1. The van der Waals surface area contributed by atoms with Gasteiger partial charge in [-0.1, -0.05) is 15.9 Å². The molecular formula is C14H9BrFNO4. The normalized spacial score (nSPS) is 10.2. The molecule has 0 atom stereocenters. The number of benzene rings is 2. The van der Waals surface area contributed by atoms with Crippen LogP contribution < -0.4 is 4.74 Å². The summed E-state index contributed by atoms with van der Waals surface area (Å²) in [5, 5.41) is 10.7. The van der Waals surface area contributed by atoms with E-state index in [0.717, 1.165) is 6.07 Å². The number of halogens is 2. The van der Waals surface area contributed by atoms with Crippen molar-refractivity contribution in [3.8, 4) is 11.5 Å². The first-order chi connectivity index (χ1) is 9.92. The van der Waals surface area contributed by atoms with Crippen molar-refractivity contribution in [2.75, 3.05) is 0 Å². The van der Waals surface area contributed by atoms with Gasteiger partial charge in [0.2, 0.25) is 0 Å². The van der Waals surface area contributed by atoms with E-state index >= 15 is 0 Å². The van der Waals surface area contributed by atoms with Crippen molar-refractivity contribution < 1.29 is 18.8 Å². The third kappa shape index (κ3) is 3.25. The number of nitrogens with zero attached hydrogens (tertiary/aromatic N) is 1. The summed E-state index contributed by atoms with van der Waals surface area (Å²) >= 11 is 3.21. The predicted molar refractivity (Wildman–Crippen MR) is 77.4 cm³/mol. The molecule has 0 aliphatic carbocycles. The minimum atomic E-state index is -0.868. The van der Waals surface area contributed by atoms with Gasteiger partial charge in [-0.15, -0.1) is 0 Å². The highest BCUT2D eigenvalue weighted by molar-refractivity contribution is 9.10. The molecule has 21 heavy (non-hydrogen) atoms. The maximum Gasteiger partial charge on any atom is 0.275 e. The Morgan fingerprint density at radius 1 is 1.29 bits per heavy atom. The van der Waals surface area contributed by atoms with E-state index in [2.05, 4.69) is 15.9 Å². The molecule has 0 heterocycles. The number of nitro benzene ring substituents is 1. The van der Waals surface area contributed by atoms with E-state index in [1.807, 2.05) is 0 Å². The molecule has 2 aromatic carbocycles. The molecule has 0 amide bonds. The van der Waals surface area contributed by atoms with Crippen molar-refractivity contribution in [1.29, 1.82) is 0 Å². The highest BCUT2D eigenvalue weighted by Gasteiger charge is 2.17. The Bertz CT molecular complexity index is 733. The summed E-state index contributed by atoms with van der Waals surface area (Å²) in [6.07, 6.45) is 0.580. The first-order valence-corrected chi connectivity index (χ1v) is 6.59. The van der Waals surface area contributed by atoms with Crippen LogP contribution in [0.4, 0.5) is 10.1 Å². The molecule has 0 N–H and O–H groups in total. The van der Waals surface area contributed by atoms with E-state index in [1.165, 1.54) is 25.1 Å².